The van der Waals surface area contributed by atoms with Crippen LogP contribution >= 0.6 is 11.8 Å². The predicted octanol–water partition coefficient (Wildman–Crippen LogP) is 2.08. The monoisotopic (exact) mass is 253 g/mol. The summed E-state index contributed by atoms with van der Waals surface area (Å²) in [5.41, 5.74) is 0.0497. The van der Waals surface area contributed by atoms with Crippen LogP contribution in [0.5, 0.6) is 0 Å². The highest BCUT2D eigenvalue weighted by atomic mass is 32.2. The van der Waals surface area contributed by atoms with Gasteiger partial charge in [0, 0.05) is 11.8 Å². The van der Waals surface area contributed by atoms with Crippen molar-refractivity contribution >= 4 is 17.4 Å². The molecule has 0 aromatic carbocycles. The summed E-state index contributed by atoms with van der Waals surface area (Å²) in [6, 6.07) is 3.23. The molecule has 6 heteroatoms. The highest BCUT2D eigenvalue weighted by Crippen LogP contribution is 2.23. The zero-order valence-electron chi connectivity index (χ0n) is 9.46. The van der Waals surface area contributed by atoms with Crippen molar-refractivity contribution in [1.29, 1.82) is 0 Å². The Morgan fingerprint density at radius 3 is 3.06 bits per heavy atom. The summed E-state index contributed by atoms with van der Waals surface area (Å²) in [7, 11) is 0. The minimum Gasteiger partial charge on any atom is -0.316 e. The van der Waals surface area contributed by atoms with E-state index in [2.05, 4.69) is 10.3 Å². The summed E-state index contributed by atoms with van der Waals surface area (Å²) in [5, 5.41) is 14.7. The minimum absolute atomic E-state index is 0.0497. The topological polar surface area (TPSA) is 68.1 Å². The quantitative estimate of drug-likeness (QED) is 0.505. The third-order valence-electron chi connectivity index (χ3n) is 2.80. The minimum atomic E-state index is -0.424. The smallest absolute Gasteiger partial charge is 0.287 e. The molecule has 2 rings (SSSR count). The van der Waals surface area contributed by atoms with Gasteiger partial charge in [-0.05, 0) is 37.9 Å². The van der Waals surface area contributed by atoms with Crippen molar-refractivity contribution in [2.45, 2.75) is 17.9 Å². The van der Waals surface area contributed by atoms with Gasteiger partial charge in [0.25, 0.3) is 5.69 Å². The highest BCUT2D eigenvalue weighted by Gasteiger charge is 2.13. The third-order valence-corrected chi connectivity index (χ3v) is 3.97. The summed E-state index contributed by atoms with van der Waals surface area (Å²) in [6.07, 6.45) is 3.81. The van der Waals surface area contributed by atoms with Gasteiger partial charge in [0.1, 0.15) is 6.20 Å². The summed E-state index contributed by atoms with van der Waals surface area (Å²) in [4.78, 5) is 14.1. The van der Waals surface area contributed by atoms with E-state index in [0.29, 0.717) is 5.92 Å². The van der Waals surface area contributed by atoms with E-state index >= 15 is 0 Å². The number of rotatable bonds is 4. The number of hydrogen-bond donors (Lipinski definition) is 1. The van der Waals surface area contributed by atoms with Crippen LogP contribution in [0.3, 0.4) is 0 Å². The Kier molecular flexibility index (Phi) is 4.33. The fourth-order valence-electron chi connectivity index (χ4n) is 1.84. The van der Waals surface area contributed by atoms with Gasteiger partial charge in [0.15, 0.2) is 0 Å². The fourth-order valence-corrected chi connectivity index (χ4v) is 2.82. The van der Waals surface area contributed by atoms with E-state index in [9.17, 15) is 10.1 Å². The number of hydrogen-bond acceptors (Lipinski definition) is 5. The Morgan fingerprint density at radius 2 is 2.47 bits per heavy atom. The Morgan fingerprint density at radius 1 is 1.59 bits per heavy atom. The van der Waals surface area contributed by atoms with E-state index in [4.69, 9.17) is 0 Å². The molecule has 92 valence electrons. The van der Waals surface area contributed by atoms with Gasteiger partial charge >= 0.3 is 0 Å². The molecular formula is C11H15N3O2S. The second-order valence-corrected chi connectivity index (χ2v) is 5.18. The van der Waals surface area contributed by atoms with E-state index in [1.807, 2.05) is 0 Å². The van der Waals surface area contributed by atoms with Crippen LogP contribution in [-0.2, 0) is 0 Å². The number of thioether (sulfide) groups is 1. The van der Waals surface area contributed by atoms with Crippen molar-refractivity contribution in [3.63, 3.8) is 0 Å². The first-order valence-electron chi connectivity index (χ1n) is 5.69. The van der Waals surface area contributed by atoms with E-state index in [1.165, 1.54) is 25.1 Å². The summed E-state index contributed by atoms with van der Waals surface area (Å²) >= 11 is 1.67. The number of piperidine rings is 1. The second-order valence-electron chi connectivity index (χ2n) is 4.14. The SMILES string of the molecule is O=[N+]([O-])c1ccc(SC[C@H]2CCCNC2)nc1. The van der Waals surface area contributed by atoms with Crippen LogP contribution in [0.25, 0.3) is 0 Å². The van der Waals surface area contributed by atoms with Crippen molar-refractivity contribution < 1.29 is 4.92 Å². The zero-order valence-corrected chi connectivity index (χ0v) is 10.3. The number of nitrogens with one attached hydrogen (secondary N) is 1. The van der Waals surface area contributed by atoms with Crippen molar-refractivity contribution in [1.82, 2.24) is 10.3 Å². The van der Waals surface area contributed by atoms with Gasteiger partial charge in [0.05, 0.1) is 9.95 Å². The van der Waals surface area contributed by atoms with Crippen molar-refractivity contribution in [3.8, 4) is 0 Å². The Hall–Kier alpha value is -1.14. The largest absolute Gasteiger partial charge is 0.316 e. The molecule has 0 saturated carbocycles. The first kappa shape index (κ1) is 12.3. The molecule has 1 fully saturated rings. The van der Waals surface area contributed by atoms with Gasteiger partial charge in [-0.25, -0.2) is 4.98 Å². The van der Waals surface area contributed by atoms with Gasteiger partial charge in [0.2, 0.25) is 0 Å². The Balaban J connectivity index is 1.84. The molecule has 1 aromatic heterocycles. The van der Waals surface area contributed by atoms with Gasteiger partial charge in [-0.15, -0.1) is 11.8 Å². The standard InChI is InChI=1S/C11H15N3O2S/c15-14(16)10-3-4-11(13-7-10)17-8-9-2-1-5-12-6-9/h3-4,7,9,12H,1-2,5-6,8H2/t9-/m0/s1. The molecule has 17 heavy (non-hydrogen) atoms. The maximum Gasteiger partial charge on any atom is 0.287 e. The molecule has 1 aromatic rings. The lowest BCUT2D eigenvalue weighted by Gasteiger charge is -2.21. The van der Waals surface area contributed by atoms with Crippen LogP contribution in [0.2, 0.25) is 0 Å². The van der Waals surface area contributed by atoms with Gasteiger partial charge < -0.3 is 5.32 Å². The Labute approximate surface area is 104 Å². The molecule has 0 spiro atoms. The first-order valence-corrected chi connectivity index (χ1v) is 6.68. The van der Waals surface area contributed by atoms with E-state index in [-0.39, 0.29) is 5.69 Å². The van der Waals surface area contributed by atoms with Crippen LogP contribution in [0.1, 0.15) is 12.8 Å². The molecule has 0 bridgehead atoms. The van der Waals surface area contributed by atoms with Crippen LogP contribution in [0.4, 0.5) is 5.69 Å². The van der Waals surface area contributed by atoms with Crippen molar-refractivity contribution in [2.24, 2.45) is 5.92 Å². The maximum absolute atomic E-state index is 10.5. The Bertz CT molecular complexity index is 377. The average Bonchev–Trinajstić information content (AvgIpc) is 2.38. The van der Waals surface area contributed by atoms with Crippen molar-refractivity contribution in [3.05, 3.63) is 28.4 Å². The molecule has 2 heterocycles. The lowest BCUT2D eigenvalue weighted by Crippen LogP contribution is -2.30. The van der Waals surface area contributed by atoms with Crippen LogP contribution in [-0.4, -0.2) is 28.7 Å². The lowest BCUT2D eigenvalue weighted by molar-refractivity contribution is -0.385. The molecular weight excluding hydrogens is 238 g/mol. The fraction of sp³-hybridized carbons (Fsp3) is 0.545. The first-order chi connectivity index (χ1) is 8.25. The number of nitrogens with zero attached hydrogens (tertiary/aromatic N) is 2. The average molecular weight is 253 g/mol. The maximum atomic E-state index is 10.5. The van der Waals surface area contributed by atoms with E-state index in [1.54, 1.807) is 17.8 Å². The van der Waals surface area contributed by atoms with Gasteiger partial charge in [-0.1, -0.05) is 0 Å². The summed E-state index contributed by atoms with van der Waals surface area (Å²) < 4.78 is 0. The molecule has 1 atom stereocenters. The molecule has 5 nitrogen and oxygen atoms in total. The molecule has 0 unspecified atom stereocenters. The van der Waals surface area contributed by atoms with Crippen molar-refractivity contribution in [2.75, 3.05) is 18.8 Å². The number of aromatic nitrogens is 1. The van der Waals surface area contributed by atoms with E-state index in [0.717, 1.165) is 23.9 Å². The van der Waals surface area contributed by atoms with Crippen LogP contribution in [0, 0.1) is 16.0 Å². The second kappa shape index (κ2) is 5.97. The summed E-state index contributed by atoms with van der Waals surface area (Å²) in [5.74, 6) is 1.71. The predicted molar refractivity (Wildman–Crippen MR) is 67.2 cm³/mol. The summed E-state index contributed by atoms with van der Waals surface area (Å²) in [6.45, 7) is 2.19. The molecule has 0 aliphatic carbocycles. The lowest BCUT2D eigenvalue weighted by atomic mass is 10.0. The molecule has 0 radical (unpaired) electrons. The van der Waals surface area contributed by atoms with Crippen LogP contribution in [0.15, 0.2) is 23.4 Å². The van der Waals surface area contributed by atoms with Gasteiger partial charge in [-0.3, -0.25) is 10.1 Å². The van der Waals surface area contributed by atoms with E-state index < -0.39 is 4.92 Å². The molecule has 1 aliphatic rings. The van der Waals surface area contributed by atoms with Gasteiger partial charge in [-0.2, -0.15) is 0 Å². The number of nitro groups is 1. The molecule has 1 aliphatic heterocycles. The normalized spacial score (nSPS) is 20.1. The third kappa shape index (κ3) is 3.67. The highest BCUT2D eigenvalue weighted by molar-refractivity contribution is 7.99. The zero-order chi connectivity index (χ0) is 12.1. The van der Waals surface area contributed by atoms with Crippen LogP contribution < -0.4 is 5.32 Å². The molecule has 0 amide bonds. The molecule has 1 N–H and O–H groups in total. The number of pyridine rings is 1. The molecule has 1 saturated heterocycles.